The van der Waals surface area contributed by atoms with E-state index in [1.807, 2.05) is 36.4 Å². The molecule has 1 atom stereocenters. The number of nitrogens with one attached hydrogen (secondary N) is 3. The van der Waals surface area contributed by atoms with Crippen LogP contribution in [0.3, 0.4) is 0 Å². The molecule has 5 rings (SSSR count). The number of phenolic OH excluding ortho intramolecular Hbond substituents is 1. The molecule has 0 heterocycles. The van der Waals surface area contributed by atoms with Gasteiger partial charge in [-0.05, 0) is 78.4 Å². The minimum absolute atomic E-state index is 0.0108. The van der Waals surface area contributed by atoms with Crippen LogP contribution in [-0.4, -0.2) is 29.9 Å². The van der Waals surface area contributed by atoms with Crippen LogP contribution in [0, 0.1) is 0 Å². The number of rotatable bonds is 11. The third kappa shape index (κ3) is 9.03. The normalized spacial score (nSPS) is 11.7. The van der Waals surface area contributed by atoms with Crippen molar-refractivity contribution in [1.29, 1.82) is 0 Å². The quantitative estimate of drug-likeness (QED) is 0.0842. The van der Waals surface area contributed by atoms with Gasteiger partial charge in [-0.25, -0.2) is 0 Å². The SMILES string of the molecule is COc1cc(O)ccc1/C=C(/NC(=O)c1ccccc1)C(=O)Nc1cccc(SC(C(=O)Nc2ccc(Cl)cc2)c2ccccc2)c1. The van der Waals surface area contributed by atoms with Crippen LogP contribution in [0.4, 0.5) is 11.4 Å². The maximum Gasteiger partial charge on any atom is 0.272 e. The zero-order valence-corrected chi connectivity index (χ0v) is 26.7. The van der Waals surface area contributed by atoms with E-state index in [0.29, 0.717) is 33.3 Å². The van der Waals surface area contributed by atoms with E-state index in [1.165, 1.54) is 37.1 Å². The molecule has 0 aliphatic carbocycles. The van der Waals surface area contributed by atoms with Gasteiger partial charge in [-0.2, -0.15) is 0 Å². The van der Waals surface area contributed by atoms with Crippen molar-refractivity contribution in [2.75, 3.05) is 17.7 Å². The molecule has 0 radical (unpaired) electrons. The molecular formula is C37H30ClN3O5S. The molecule has 1 unspecified atom stereocenters. The maximum absolute atomic E-state index is 13.7. The number of halogens is 1. The monoisotopic (exact) mass is 663 g/mol. The fourth-order valence-corrected chi connectivity index (χ4v) is 5.75. The first-order valence-corrected chi connectivity index (χ1v) is 15.7. The first kappa shape index (κ1) is 32.9. The van der Waals surface area contributed by atoms with Gasteiger partial charge in [0.25, 0.3) is 11.8 Å². The van der Waals surface area contributed by atoms with Gasteiger partial charge in [-0.1, -0.05) is 66.2 Å². The van der Waals surface area contributed by atoms with E-state index in [9.17, 15) is 19.5 Å². The van der Waals surface area contributed by atoms with Crippen LogP contribution >= 0.6 is 23.4 Å². The van der Waals surface area contributed by atoms with Crippen molar-refractivity contribution in [2.45, 2.75) is 10.1 Å². The highest BCUT2D eigenvalue weighted by atomic mass is 35.5. The molecule has 47 heavy (non-hydrogen) atoms. The Morgan fingerprint density at radius 1 is 0.787 bits per heavy atom. The third-order valence-electron chi connectivity index (χ3n) is 6.84. The summed E-state index contributed by atoms with van der Waals surface area (Å²) >= 11 is 7.34. The zero-order valence-electron chi connectivity index (χ0n) is 25.1. The van der Waals surface area contributed by atoms with Gasteiger partial charge >= 0.3 is 0 Å². The highest BCUT2D eigenvalue weighted by molar-refractivity contribution is 8.00. The summed E-state index contributed by atoms with van der Waals surface area (Å²) in [5.74, 6) is -0.998. The molecule has 0 fully saturated rings. The molecule has 10 heteroatoms. The van der Waals surface area contributed by atoms with Crippen LogP contribution in [0.5, 0.6) is 11.5 Å². The molecule has 0 saturated heterocycles. The number of ether oxygens (including phenoxy) is 1. The number of anilines is 2. The molecule has 0 aliphatic rings. The smallest absolute Gasteiger partial charge is 0.272 e. The Labute approximate surface area is 281 Å². The first-order chi connectivity index (χ1) is 22.8. The maximum atomic E-state index is 13.7. The summed E-state index contributed by atoms with van der Waals surface area (Å²) in [6.07, 6.45) is 1.47. The summed E-state index contributed by atoms with van der Waals surface area (Å²) in [6.45, 7) is 0. The molecule has 3 amide bonds. The second-order valence-corrected chi connectivity index (χ2v) is 11.8. The highest BCUT2D eigenvalue weighted by Gasteiger charge is 2.23. The Balaban J connectivity index is 1.40. The number of hydrogen-bond donors (Lipinski definition) is 4. The molecule has 0 saturated carbocycles. The average molecular weight is 664 g/mol. The van der Waals surface area contributed by atoms with Crippen LogP contribution in [0.1, 0.15) is 26.7 Å². The number of amides is 3. The number of thioether (sulfide) groups is 1. The van der Waals surface area contributed by atoms with Gasteiger partial charge in [0.1, 0.15) is 22.4 Å². The van der Waals surface area contributed by atoms with E-state index in [1.54, 1.807) is 78.9 Å². The van der Waals surface area contributed by atoms with Gasteiger partial charge in [0, 0.05) is 38.5 Å². The molecule has 236 valence electrons. The lowest BCUT2D eigenvalue weighted by Gasteiger charge is -2.18. The summed E-state index contributed by atoms with van der Waals surface area (Å²) in [5, 5.41) is 18.4. The lowest BCUT2D eigenvalue weighted by Crippen LogP contribution is -2.30. The second kappa shape index (κ2) is 15.7. The molecule has 5 aromatic rings. The van der Waals surface area contributed by atoms with E-state index in [2.05, 4.69) is 16.0 Å². The molecule has 0 bridgehead atoms. The van der Waals surface area contributed by atoms with Crippen LogP contribution < -0.4 is 20.7 Å². The Hall–Kier alpha value is -5.51. The highest BCUT2D eigenvalue weighted by Crippen LogP contribution is 2.37. The third-order valence-corrected chi connectivity index (χ3v) is 8.34. The van der Waals surface area contributed by atoms with Crippen molar-refractivity contribution in [2.24, 2.45) is 0 Å². The molecular weight excluding hydrogens is 634 g/mol. The second-order valence-electron chi connectivity index (χ2n) is 10.2. The first-order valence-electron chi connectivity index (χ1n) is 14.4. The Morgan fingerprint density at radius 2 is 1.49 bits per heavy atom. The van der Waals surface area contributed by atoms with E-state index in [-0.39, 0.29) is 17.4 Å². The number of benzene rings is 5. The molecule has 0 aromatic heterocycles. The summed E-state index contributed by atoms with van der Waals surface area (Å²) in [5.41, 5.74) is 2.64. The number of methoxy groups -OCH3 is 1. The van der Waals surface area contributed by atoms with E-state index >= 15 is 0 Å². The van der Waals surface area contributed by atoms with Crippen molar-refractivity contribution in [3.8, 4) is 11.5 Å². The van der Waals surface area contributed by atoms with Crippen LogP contribution in [-0.2, 0) is 9.59 Å². The van der Waals surface area contributed by atoms with Gasteiger partial charge in [0.15, 0.2) is 0 Å². The topological polar surface area (TPSA) is 117 Å². The van der Waals surface area contributed by atoms with Crippen LogP contribution in [0.2, 0.25) is 5.02 Å². The van der Waals surface area contributed by atoms with Gasteiger partial charge in [0.2, 0.25) is 5.91 Å². The van der Waals surface area contributed by atoms with Crippen molar-refractivity contribution in [1.82, 2.24) is 5.32 Å². The standard InChI is InChI=1S/C37H30ClN3O5S/c1-46-33-23-30(42)20-15-26(33)21-32(41-35(43)25-11-6-3-7-12-25)36(44)40-29-13-8-14-31(22-29)47-34(24-9-4-2-5-10-24)37(45)39-28-18-16-27(38)17-19-28/h2-23,34,42H,1H3,(H,39,45)(H,40,44)(H,41,43)/b32-21+. The summed E-state index contributed by atoms with van der Waals surface area (Å²) in [6, 6.07) is 36.3. The fourth-order valence-electron chi connectivity index (χ4n) is 4.54. The number of hydrogen-bond acceptors (Lipinski definition) is 6. The number of aromatic hydroxyl groups is 1. The van der Waals surface area contributed by atoms with Crippen LogP contribution in [0.25, 0.3) is 6.08 Å². The van der Waals surface area contributed by atoms with Crippen molar-refractivity contribution < 1.29 is 24.2 Å². The Kier molecular flexibility index (Phi) is 11.0. The minimum Gasteiger partial charge on any atom is -0.508 e. The molecule has 5 aromatic carbocycles. The predicted molar refractivity (Wildman–Crippen MR) is 187 cm³/mol. The lowest BCUT2D eigenvalue weighted by atomic mass is 10.1. The molecule has 0 aliphatic heterocycles. The summed E-state index contributed by atoms with van der Waals surface area (Å²) in [4.78, 5) is 41.0. The van der Waals surface area contributed by atoms with Gasteiger partial charge in [-0.15, -0.1) is 11.8 Å². The number of carbonyl (C=O) groups excluding carboxylic acids is 3. The number of phenols is 1. The average Bonchev–Trinajstić information content (AvgIpc) is 3.09. The van der Waals surface area contributed by atoms with Crippen molar-refractivity contribution >= 4 is 58.5 Å². The Bertz CT molecular complexity index is 1900. The van der Waals surface area contributed by atoms with Gasteiger partial charge in [-0.3, -0.25) is 14.4 Å². The predicted octanol–water partition coefficient (Wildman–Crippen LogP) is 7.94. The van der Waals surface area contributed by atoms with E-state index < -0.39 is 17.1 Å². The van der Waals surface area contributed by atoms with Gasteiger partial charge in [0.05, 0.1) is 7.11 Å². The van der Waals surface area contributed by atoms with Crippen molar-refractivity contribution in [3.05, 3.63) is 155 Å². The number of carbonyl (C=O) groups is 3. The minimum atomic E-state index is -0.611. The molecule has 8 nitrogen and oxygen atoms in total. The Morgan fingerprint density at radius 3 is 2.19 bits per heavy atom. The lowest BCUT2D eigenvalue weighted by molar-refractivity contribution is -0.116. The summed E-state index contributed by atoms with van der Waals surface area (Å²) < 4.78 is 5.38. The van der Waals surface area contributed by atoms with E-state index in [4.69, 9.17) is 16.3 Å². The van der Waals surface area contributed by atoms with Crippen molar-refractivity contribution in [3.63, 3.8) is 0 Å². The van der Waals surface area contributed by atoms with Crippen LogP contribution in [0.15, 0.2) is 138 Å². The molecule has 0 spiro atoms. The zero-order chi connectivity index (χ0) is 33.2. The molecule has 4 N–H and O–H groups in total. The van der Waals surface area contributed by atoms with Gasteiger partial charge < -0.3 is 25.8 Å². The largest absolute Gasteiger partial charge is 0.508 e. The fraction of sp³-hybridized carbons (Fsp3) is 0.0541. The summed E-state index contributed by atoms with van der Waals surface area (Å²) in [7, 11) is 1.44. The van der Waals surface area contributed by atoms with E-state index in [0.717, 1.165) is 10.5 Å².